The number of furan rings is 1. The Kier molecular flexibility index (Phi) is 5.43. The van der Waals surface area contributed by atoms with Crippen molar-refractivity contribution in [2.75, 3.05) is 20.1 Å². The van der Waals surface area contributed by atoms with Gasteiger partial charge in [-0.1, -0.05) is 0 Å². The summed E-state index contributed by atoms with van der Waals surface area (Å²) < 4.78 is 5.23. The summed E-state index contributed by atoms with van der Waals surface area (Å²) >= 11 is 0. The Hall–Kier alpha value is -0.800. The van der Waals surface area contributed by atoms with E-state index in [4.69, 9.17) is 4.42 Å². The van der Waals surface area contributed by atoms with Gasteiger partial charge in [-0.2, -0.15) is 0 Å². The van der Waals surface area contributed by atoms with Crippen LogP contribution < -0.4 is 5.32 Å². The average Bonchev–Trinajstić information content (AvgIpc) is 2.69. The third-order valence-electron chi connectivity index (χ3n) is 2.63. The first-order chi connectivity index (χ1) is 7.20. The van der Waals surface area contributed by atoms with Crippen LogP contribution in [0.5, 0.6) is 0 Å². The summed E-state index contributed by atoms with van der Waals surface area (Å²) in [5, 5.41) is 3.36. The second-order valence-electron chi connectivity index (χ2n) is 4.18. The maximum Gasteiger partial charge on any atom is 0.117 e. The van der Waals surface area contributed by atoms with E-state index in [1.165, 1.54) is 6.42 Å². The van der Waals surface area contributed by atoms with Gasteiger partial charge < -0.3 is 14.6 Å². The van der Waals surface area contributed by atoms with Gasteiger partial charge in [-0.05, 0) is 52.5 Å². The summed E-state index contributed by atoms with van der Waals surface area (Å²) in [6, 6.07) is 4.55. The van der Waals surface area contributed by atoms with Gasteiger partial charge in [0.05, 0.1) is 12.8 Å². The molecular formula is C12H22N2O. The lowest BCUT2D eigenvalue weighted by Crippen LogP contribution is -2.29. The topological polar surface area (TPSA) is 28.4 Å². The number of nitrogens with one attached hydrogen (secondary N) is 1. The third-order valence-corrected chi connectivity index (χ3v) is 2.63. The largest absolute Gasteiger partial charge is 0.468 e. The summed E-state index contributed by atoms with van der Waals surface area (Å²) in [5.74, 6) is 1.01. The molecule has 0 spiro atoms. The second kappa shape index (κ2) is 6.64. The molecule has 0 radical (unpaired) electrons. The van der Waals surface area contributed by atoms with Gasteiger partial charge in [0, 0.05) is 6.04 Å². The normalized spacial score (nSPS) is 11.5. The minimum Gasteiger partial charge on any atom is -0.468 e. The van der Waals surface area contributed by atoms with E-state index in [1.54, 1.807) is 6.26 Å². The van der Waals surface area contributed by atoms with Gasteiger partial charge in [-0.25, -0.2) is 0 Å². The number of nitrogens with zero attached hydrogens (tertiary/aromatic N) is 1. The van der Waals surface area contributed by atoms with Crippen molar-refractivity contribution in [1.82, 2.24) is 10.2 Å². The molecule has 1 aromatic heterocycles. The summed E-state index contributed by atoms with van der Waals surface area (Å²) in [7, 11) is 2.16. The monoisotopic (exact) mass is 210 g/mol. The molecule has 0 bridgehead atoms. The SMILES string of the molecule is CC(C)N(C)CCCNCc1ccco1. The molecule has 0 aromatic carbocycles. The van der Waals surface area contributed by atoms with E-state index in [0.29, 0.717) is 6.04 Å². The van der Waals surface area contributed by atoms with E-state index in [0.717, 1.165) is 25.4 Å². The second-order valence-corrected chi connectivity index (χ2v) is 4.18. The molecular weight excluding hydrogens is 188 g/mol. The lowest BCUT2D eigenvalue weighted by atomic mass is 10.3. The smallest absolute Gasteiger partial charge is 0.117 e. The van der Waals surface area contributed by atoms with Crippen LogP contribution in [0.4, 0.5) is 0 Å². The highest BCUT2D eigenvalue weighted by atomic mass is 16.3. The molecule has 1 N–H and O–H groups in total. The lowest BCUT2D eigenvalue weighted by Gasteiger charge is -2.20. The minimum absolute atomic E-state index is 0.634. The van der Waals surface area contributed by atoms with Gasteiger partial charge in [0.1, 0.15) is 5.76 Å². The quantitative estimate of drug-likeness (QED) is 0.699. The highest BCUT2D eigenvalue weighted by Crippen LogP contribution is 1.99. The Morgan fingerprint density at radius 1 is 1.47 bits per heavy atom. The van der Waals surface area contributed by atoms with Gasteiger partial charge in [0.25, 0.3) is 0 Å². The van der Waals surface area contributed by atoms with E-state index >= 15 is 0 Å². The van der Waals surface area contributed by atoms with Crippen LogP contribution in [-0.2, 0) is 6.54 Å². The standard InChI is InChI=1S/C12H22N2O/c1-11(2)14(3)8-5-7-13-10-12-6-4-9-15-12/h4,6,9,11,13H,5,7-8,10H2,1-3H3. The Morgan fingerprint density at radius 3 is 2.87 bits per heavy atom. The molecule has 1 heterocycles. The van der Waals surface area contributed by atoms with Gasteiger partial charge in [-0.3, -0.25) is 0 Å². The van der Waals surface area contributed by atoms with Crippen molar-refractivity contribution in [3.63, 3.8) is 0 Å². The van der Waals surface area contributed by atoms with Crippen LogP contribution in [0.25, 0.3) is 0 Å². The van der Waals surface area contributed by atoms with Crippen molar-refractivity contribution in [2.24, 2.45) is 0 Å². The highest BCUT2D eigenvalue weighted by Gasteiger charge is 2.01. The first kappa shape index (κ1) is 12.3. The van der Waals surface area contributed by atoms with Gasteiger partial charge in [0.2, 0.25) is 0 Å². The third kappa shape index (κ3) is 5.00. The molecule has 1 rings (SSSR count). The van der Waals surface area contributed by atoms with E-state index in [-0.39, 0.29) is 0 Å². The van der Waals surface area contributed by atoms with Crippen LogP contribution in [0.2, 0.25) is 0 Å². The number of hydrogen-bond donors (Lipinski definition) is 1. The average molecular weight is 210 g/mol. The molecule has 15 heavy (non-hydrogen) atoms. The fourth-order valence-corrected chi connectivity index (χ4v) is 1.34. The van der Waals surface area contributed by atoms with E-state index in [9.17, 15) is 0 Å². The summed E-state index contributed by atoms with van der Waals surface area (Å²) in [6.07, 6.45) is 2.89. The van der Waals surface area contributed by atoms with Gasteiger partial charge >= 0.3 is 0 Å². The van der Waals surface area contributed by atoms with Crippen molar-refractivity contribution < 1.29 is 4.42 Å². The zero-order valence-electron chi connectivity index (χ0n) is 9.99. The Balaban J connectivity index is 1.98. The molecule has 0 atom stereocenters. The summed E-state index contributed by atoms with van der Waals surface area (Å²) in [4.78, 5) is 2.36. The molecule has 0 aliphatic carbocycles. The molecule has 3 heteroatoms. The molecule has 86 valence electrons. The Morgan fingerprint density at radius 2 is 2.27 bits per heavy atom. The van der Waals surface area contributed by atoms with Crippen molar-refractivity contribution in [1.29, 1.82) is 0 Å². The molecule has 0 fully saturated rings. The Bertz CT molecular complexity index is 244. The van der Waals surface area contributed by atoms with E-state index in [2.05, 4.69) is 31.1 Å². The maximum absolute atomic E-state index is 5.23. The fourth-order valence-electron chi connectivity index (χ4n) is 1.34. The summed E-state index contributed by atoms with van der Waals surface area (Å²) in [6.45, 7) is 7.45. The van der Waals surface area contributed by atoms with E-state index < -0.39 is 0 Å². The van der Waals surface area contributed by atoms with Gasteiger partial charge in [-0.15, -0.1) is 0 Å². The van der Waals surface area contributed by atoms with Crippen LogP contribution in [0.15, 0.2) is 22.8 Å². The predicted octanol–water partition coefficient (Wildman–Crippen LogP) is 2.10. The molecule has 0 unspecified atom stereocenters. The predicted molar refractivity (Wildman–Crippen MR) is 62.8 cm³/mol. The van der Waals surface area contributed by atoms with Crippen LogP contribution in [-0.4, -0.2) is 31.1 Å². The molecule has 0 amide bonds. The van der Waals surface area contributed by atoms with Crippen LogP contribution in [0.1, 0.15) is 26.0 Å². The van der Waals surface area contributed by atoms with Crippen molar-refractivity contribution >= 4 is 0 Å². The lowest BCUT2D eigenvalue weighted by molar-refractivity contribution is 0.269. The molecule has 3 nitrogen and oxygen atoms in total. The minimum atomic E-state index is 0.634. The molecule has 1 aromatic rings. The maximum atomic E-state index is 5.23. The number of hydrogen-bond acceptors (Lipinski definition) is 3. The van der Waals surface area contributed by atoms with Crippen molar-refractivity contribution in [2.45, 2.75) is 32.9 Å². The molecule has 0 aliphatic heterocycles. The molecule has 0 saturated heterocycles. The first-order valence-corrected chi connectivity index (χ1v) is 5.63. The summed E-state index contributed by atoms with van der Waals surface area (Å²) in [5.41, 5.74) is 0. The number of rotatable bonds is 7. The molecule has 0 saturated carbocycles. The van der Waals surface area contributed by atoms with E-state index in [1.807, 2.05) is 12.1 Å². The zero-order chi connectivity index (χ0) is 11.1. The van der Waals surface area contributed by atoms with Crippen LogP contribution in [0.3, 0.4) is 0 Å². The zero-order valence-corrected chi connectivity index (χ0v) is 9.99. The van der Waals surface area contributed by atoms with Crippen LogP contribution >= 0.6 is 0 Å². The fraction of sp³-hybridized carbons (Fsp3) is 0.667. The van der Waals surface area contributed by atoms with Crippen molar-refractivity contribution in [3.8, 4) is 0 Å². The highest BCUT2D eigenvalue weighted by molar-refractivity contribution is 4.97. The Labute approximate surface area is 92.5 Å². The van der Waals surface area contributed by atoms with Gasteiger partial charge in [0.15, 0.2) is 0 Å². The van der Waals surface area contributed by atoms with Crippen LogP contribution in [0, 0.1) is 0 Å². The molecule has 0 aliphatic rings. The van der Waals surface area contributed by atoms with Crippen molar-refractivity contribution in [3.05, 3.63) is 24.2 Å². The first-order valence-electron chi connectivity index (χ1n) is 5.63.